The summed E-state index contributed by atoms with van der Waals surface area (Å²) < 4.78 is 0. The van der Waals surface area contributed by atoms with Crippen molar-refractivity contribution in [2.75, 3.05) is 16.8 Å². The molecule has 1 N–H and O–H groups in total. The summed E-state index contributed by atoms with van der Waals surface area (Å²) in [6.07, 6.45) is 2.10. The smallest absolute Gasteiger partial charge is 0.246 e. The number of nitrogens with one attached hydrogen (secondary N) is 1. The molecule has 0 aliphatic carbocycles. The van der Waals surface area contributed by atoms with Crippen molar-refractivity contribution < 1.29 is 4.79 Å². The number of nitrogens with zero attached hydrogens (tertiary/aromatic N) is 1. The number of rotatable bonds is 3. The Morgan fingerprint density at radius 1 is 1.22 bits per heavy atom. The summed E-state index contributed by atoms with van der Waals surface area (Å²) in [6.45, 7) is 2.78. The first-order chi connectivity index (χ1) is 11.1. The zero-order valence-electron chi connectivity index (χ0n) is 12.9. The lowest BCUT2D eigenvalue weighted by atomic mass is 10.00. The van der Waals surface area contributed by atoms with Crippen LogP contribution in [0.1, 0.15) is 18.9 Å². The van der Waals surface area contributed by atoms with Crippen LogP contribution in [0.2, 0.25) is 10.0 Å². The van der Waals surface area contributed by atoms with Gasteiger partial charge in [-0.3, -0.25) is 4.79 Å². The molecule has 0 saturated carbocycles. The van der Waals surface area contributed by atoms with Gasteiger partial charge in [-0.1, -0.05) is 41.4 Å². The Balaban J connectivity index is 1.79. The second-order valence-electron chi connectivity index (χ2n) is 5.72. The number of benzene rings is 2. The first kappa shape index (κ1) is 16.2. The second kappa shape index (κ2) is 6.81. The number of para-hydroxylation sites is 1. The van der Waals surface area contributed by atoms with Gasteiger partial charge in [0.2, 0.25) is 5.91 Å². The van der Waals surface area contributed by atoms with Crippen LogP contribution in [-0.4, -0.2) is 18.5 Å². The molecule has 0 saturated heterocycles. The zero-order chi connectivity index (χ0) is 16.4. The minimum absolute atomic E-state index is 0.0918. The number of halogens is 2. The largest absolute Gasteiger partial charge is 0.360 e. The molecule has 2 aromatic rings. The van der Waals surface area contributed by atoms with Crippen LogP contribution in [0.15, 0.2) is 42.5 Å². The van der Waals surface area contributed by atoms with E-state index in [2.05, 4.69) is 22.3 Å². The Bertz CT molecular complexity index is 733. The third-order valence-electron chi connectivity index (χ3n) is 4.18. The first-order valence-electron chi connectivity index (χ1n) is 7.67. The summed E-state index contributed by atoms with van der Waals surface area (Å²) in [5, 5.41) is 3.90. The highest BCUT2D eigenvalue weighted by Crippen LogP contribution is 2.30. The van der Waals surface area contributed by atoms with Crippen LogP contribution in [0.25, 0.3) is 0 Å². The summed E-state index contributed by atoms with van der Waals surface area (Å²) >= 11 is 12.1. The molecule has 1 atom stereocenters. The Morgan fingerprint density at radius 3 is 2.83 bits per heavy atom. The van der Waals surface area contributed by atoms with E-state index in [9.17, 15) is 4.79 Å². The maximum atomic E-state index is 12.6. The molecule has 1 aliphatic heterocycles. The van der Waals surface area contributed by atoms with Gasteiger partial charge in [-0.25, -0.2) is 0 Å². The molecule has 1 heterocycles. The molecule has 3 rings (SSSR count). The molecule has 2 aromatic carbocycles. The SMILES string of the molecule is C[C@H](C(=O)Nc1cc(Cl)ccc1Cl)N1CCCc2ccccc21. The van der Waals surface area contributed by atoms with E-state index in [1.165, 1.54) is 5.56 Å². The van der Waals surface area contributed by atoms with Crippen molar-refractivity contribution in [1.29, 1.82) is 0 Å². The van der Waals surface area contributed by atoms with Crippen LogP contribution in [0.5, 0.6) is 0 Å². The number of carbonyl (C=O) groups is 1. The fourth-order valence-electron chi connectivity index (χ4n) is 2.94. The second-order valence-corrected chi connectivity index (χ2v) is 6.56. The third-order valence-corrected chi connectivity index (χ3v) is 4.74. The van der Waals surface area contributed by atoms with E-state index in [4.69, 9.17) is 23.2 Å². The van der Waals surface area contributed by atoms with Crippen molar-refractivity contribution in [1.82, 2.24) is 0 Å². The number of carbonyl (C=O) groups excluding carboxylic acids is 1. The lowest BCUT2D eigenvalue weighted by molar-refractivity contribution is -0.117. The maximum absolute atomic E-state index is 12.6. The molecule has 0 fully saturated rings. The molecule has 0 spiro atoms. The standard InChI is InChI=1S/C18H18Cl2N2O/c1-12(18(23)21-16-11-14(19)8-9-15(16)20)22-10-4-6-13-5-2-3-7-17(13)22/h2-3,5,7-9,11-12H,4,6,10H2,1H3,(H,21,23)/t12-/m1/s1. The van der Waals surface area contributed by atoms with Gasteiger partial charge >= 0.3 is 0 Å². The molecular formula is C18H18Cl2N2O. The first-order valence-corrected chi connectivity index (χ1v) is 8.42. The molecular weight excluding hydrogens is 331 g/mol. The average molecular weight is 349 g/mol. The van der Waals surface area contributed by atoms with Gasteiger partial charge in [0.1, 0.15) is 6.04 Å². The van der Waals surface area contributed by atoms with Crippen molar-refractivity contribution in [3.8, 4) is 0 Å². The van der Waals surface area contributed by atoms with Gasteiger partial charge in [0.15, 0.2) is 0 Å². The highest BCUT2D eigenvalue weighted by Gasteiger charge is 2.26. The van der Waals surface area contributed by atoms with E-state index >= 15 is 0 Å². The molecule has 1 amide bonds. The highest BCUT2D eigenvalue weighted by molar-refractivity contribution is 6.35. The third kappa shape index (κ3) is 3.46. The van der Waals surface area contributed by atoms with Gasteiger partial charge < -0.3 is 10.2 Å². The number of amides is 1. The highest BCUT2D eigenvalue weighted by atomic mass is 35.5. The number of fused-ring (bicyclic) bond motifs is 1. The summed E-state index contributed by atoms with van der Waals surface area (Å²) in [6, 6.07) is 13.0. The van der Waals surface area contributed by atoms with Crippen molar-refractivity contribution >= 4 is 40.5 Å². The molecule has 0 radical (unpaired) electrons. The number of hydrogen-bond donors (Lipinski definition) is 1. The normalized spacial score (nSPS) is 15.0. The number of hydrogen-bond acceptors (Lipinski definition) is 2. The molecule has 23 heavy (non-hydrogen) atoms. The van der Waals surface area contributed by atoms with E-state index in [1.807, 2.05) is 19.1 Å². The van der Waals surface area contributed by atoms with Gasteiger partial charge in [0.25, 0.3) is 0 Å². The van der Waals surface area contributed by atoms with Gasteiger partial charge in [-0.2, -0.15) is 0 Å². The maximum Gasteiger partial charge on any atom is 0.246 e. The van der Waals surface area contributed by atoms with Crippen molar-refractivity contribution in [3.05, 3.63) is 58.1 Å². The monoisotopic (exact) mass is 348 g/mol. The lowest BCUT2D eigenvalue weighted by Crippen LogP contribution is -2.44. The fraction of sp³-hybridized carbons (Fsp3) is 0.278. The predicted octanol–water partition coefficient (Wildman–Crippen LogP) is 4.77. The van der Waals surface area contributed by atoms with Gasteiger partial charge in [-0.15, -0.1) is 0 Å². The Kier molecular flexibility index (Phi) is 4.79. The van der Waals surface area contributed by atoms with E-state index in [0.717, 1.165) is 25.1 Å². The Hall–Kier alpha value is -1.71. The van der Waals surface area contributed by atoms with Gasteiger partial charge in [-0.05, 0) is 49.6 Å². The lowest BCUT2D eigenvalue weighted by Gasteiger charge is -2.35. The summed E-state index contributed by atoms with van der Waals surface area (Å²) in [4.78, 5) is 14.8. The van der Waals surface area contributed by atoms with Crippen LogP contribution in [0, 0.1) is 0 Å². The van der Waals surface area contributed by atoms with Crippen molar-refractivity contribution in [2.45, 2.75) is 25.8 Å². The quantitative estimate of drug-likeness (QED) is 0.865. The van der Waals surface area contributed by atoms with Crippen LogP contribution in [0.3, 0.4) is 0 Å². The van der Waals surface area contributed by atoms with Gasteiger partial charge in [0, 0.05) is 17.3 Å². The molecule has 0 bridgehead atoms. The van der Waals surface area contributed by atoms with E-state index in [1.54, 1.807) is 18.2 Å². The van der Waals surface area contributed by atoms with E-state index < -0.39 is 0 Å². The number of anilines is 2. The van der Waals surface area contributed by atoms with Crippen LogP contribution < -0.4 is 10.2 Å². The van der Waals surface area contributed by atoms with Crippen molar-refractivity contribution in [2.24, 2.45) is 0 Å². The topological polar surface area (TPSA) is 32.3 Å². The minimum Gasteiger partial charge on any atom is -0.360 e. The van der Waals surface area contributed by atoms with Crippen LogP contribution in [0.4, 0.5) is 11.4 Å². The summed E-state index contributed by atoms with van der Waals surface area (Å²) in [7, 11) is 0. The molecule has 0 unspecified atom stereocenters. The average Bonchev–Trinajstić information content (AvgIpc) is 2.57. The molecule has 0 aromatic heterocycles. The summed E-state index contributed by atoms with van der Waals surface area (Å²) in [5.41, 5.74) is 2.97. The van der Waals surface area contributed by atoms with Crippen LogP contribution >= 0.6 is 23.2 Å². The molecule has 3 nitrogen and oxygen atoms in total. The van der Waals surface area contributed by atoms with E-state index in [0.29, 0.717) is 15.7 Å². The molecule has 120 valence electrons. The predicted molar refractivity (Wildman–Crippen MR) is 96.7 cm³/mol. The Labute approximate surface area is 146 Å². The molecule has 5 heteroatoms. The van der Waals surface area contributed by atoms with Crippen LogP contribution in [-0.2, 0) is 11.2 Å². The zero-order valence-corrected chi connectivity index (χ0v) is 14.4. The fourth-order valence-corrected chi connectivity index (χ4v) is 3.27. The van der Waals surface area contributed by atoms with E-state index in [-0.39, 0.29) is 11.9 Å². The Morgan fingerprint density at radius 2 is 2.00 bits per heavy atom. The minimum atomic E-state index is -0.286. The number of aryl methyl sites for hydroxylation is 1. The van der Waals surface area contributed by atoms with Gasteiger partial charge in [0.05, 0.1) is 10.7 Å². The summed E-state index contributed by atoms with van der Waals surface area (Å²) in [5.74, 6) is -0.0918. The van der Waals surface area contributed by atoms with Crippen molar-refractivity contribution in [3.63, 3.8) is 0 Å². The molecule has 1 aliphatic rings.